The Morgan fingerprint density at radius 3 is 2.57 bits per heavy atom. The summed E-state index contributed by atoms with van der Waals surface area (Å²) >= 11 is 3.16. The van der Waals surface area contributed by atoms with Crippen molar-refractivity contribution in [3.05, 3.63) is 58.9 Å². The van der Waals surface area contributed by atoms with Gasteiger partial charge >= 0.3 is 5.97 Å². The van der Waals surface area contributed by atoms with Crippen molar-refractivity contribution in [1.29, 1.82) is 0 Å². The van der Waals surface area contributed by atoms with Crippen LogP contribution in [0.5, 0.6) is 0 Å². The van der Waals surface area contributed by atoms with Gasteiger partial charge in [-0.3, -0.25) is 9.59 Å². The molecule has 146 valence electrons. The second kappa shape index (κ2) is 9.71. The second-order valence-electron chi connectivity index (χ2n) is 6.00. The highest BCUT2D eigenvalue weighted by molar-refractivity contribution is 7.99. The van der Waals surface area contributed by atoms with Crippen LogP contribution in [-0.4, -0.2) is 28.8 Å². The number of benzene rings is 2. The van der Waals surface area contributed by atoms with Gasteiger partial charge in [0.15, 0.2) is 4.80 Å². The van der Waals surface area contributed by atoms with Gasteiger partial charge in [0.05, 0.1) is 23.2 Å². The Bertz CT molecular complexity index is 1040. The van der Waals surface area contributed by atoms with Gasteiger partial charge in [0.25, 0.3) is 5.91 Å². The first-order valence-corrected chi connectivity index (χ1v) is 10.9. The highest BCUT2D eigenvalue weighted by Crippen LogP contribution is 2.19. The molecule has 5 nitrogen and oxygen atoms in total. The Kier molecular flexibility index (Phi) is 7.06. The first kappa shape index (κ1) is 20.4. The number of amides is 1. The van der Waals surface area contributed by atoms with Gasteiger partial charge in [-0.05, 0) is 42.5 Å². The van der Waals surface area contributed by atoms with E-state index in [1.165, 1.54) is 16.2 Å². The standard InChI is InChI=1S/C21H22N2O3S2/c1-3-26-20(25)14-23-17-7-5-6-8-18(17)28-21(23)22-19(24)13-15-9-11-16(12-10-15)27-4-2/h5-12H,3-4,13-14H2,1-2H3. The number of rotatable bonds is 7. The minimum absolute atomic E-state index is 0.0346. The molecule has 0 aliphatic carbocycles. The first-order valence-electron chi connectivity index (χ1n) is 9.14. The van der Waals surface area contributed by atoms with Crippen LogP contribution in [0.2, 0.25) is 0 Å². The number of esters is 1. The van der Waals surface area contributed by atoms with Gasteiger partial charge in [-0.2, -0.15) is 4.99 Å². The molecular formula is C21H22N2O3S2. The summed E-state index contributed by atoms with van der Waals surface area (Å²) in [5, 5.41) is 0. The number of hydrogen-bond acceptors (Lipinski definition) is 5. The maximum atomic E-state index is 12.5. The molecule has 0 unspecified atom stereocenters. The molecule has 0 saturated carbocycles. The summed E-state index contributed by atoms with van der Waals surface area (Å²) in [6.45, 7) is 4.23. The number of thiazole rings is 1. The number of carbonyl (C=O) groups excluding carboxylic acids is 2. The number of aromatic nitrogens is 1. The van der Waals surface area contributed by atoms with Crippen LogP contribution in [0.4, 0.5) is 0 Å². The molecule has 0 spiro atoms. The van der Waals surface area contributed by atoms with Crippen molar-refractivity contribution in [2.45, 2.75) is 31.7 Å². The smallest absolute Gasteiger partial charge is 0.326 e. The molecule has 3 aromatic rings. The Hall–Kier alpha value is -2.38. The number of para-hydroxylation sites is 1. The lowest BCUT2D eigenvalue weighted by molar-refractivity contribution is -0.143. The van der Waals surface area contributed by atoms with E-state index >= 15 is 0 Å². The fourth-order valence-corrected chi connectivity index (χ4v) is 4.49. The lowest BCUT2D eigenvalue weighted by Gasteiger charge is -2.05. The SMILES string of the molecule is CCOC(=O)Cn1c(=NC(=O)Cc2ccc(SCC)cc2)sc2ccccc21. The zero-order valence-electron chi connectivity index (χ0n) is 15.9. The van der Waals surface area contributed by atoms with Gasteiger partial charge in [-0.15, -0.1) is 11.8 Å². The summed E-state index contributed by atoms with van der Waals surface area (Å²) in [6.07, 6.45) is 0.227. The van der Waals surface area contributed by atoms with Crippen molar-refractivity contribution in [3.8, 4) is 0 Å². The van der Waals surface area contributed by atoms with Gasteiger partial charge in [0.1, 0.15) is 6.54 Å². The molecule has 1 amide bonds. The van der Waals surface area contributed by atoms with E-state index in [1.807, 2.05) is 48.5 Å². The molecule has 0 atom stereocenters. The molecule has 7 heteroatoms. The minimum Gasteiger partial charge on any atom is -0.465 e. The summed E-state index contributed by atoms with van der Waals surface area (Å²) in [5.41, 5.74) is 1.79. The Balaban J connectivity index is 1.87. The van der Waals surface area contributed by atoms with E-state index < -0.39 is 0 Å². The van der Waals surface area contributed by atoms with Crippen LogP contribution < -0.4 is 4.80 Å². The molecule has 0 aliphatic rings. The quantitative estimate of drug-likeness (QED) is 0.432. The van der Waals surface area contributed by atoms with Gasteiger partial charge in [-0.1, -0.05) is 42.5 Å². The zero-order valence-corrected chi connectivity index (χ0v) is 17.5. The molecule has 0 radical (unpaired) electrons. The number of nitrogens with zero attached hydrogens (tertiary/aromatic N) is 2. The summed E-state index contributed by atoms with van der Waals surface area (Å²) < 4.78 is 7.79. The van der Waals surface area contributed by atoms with Crippen molar-refractivity contribution in [1.82, 2.24) is 4.57 Å². The second-order valence-corrected chi connectivity index (χ2v) is 8.35. The monoisotopic (exact) mass is 414 g/mol. The van der Waals surface area contributed by atoms with E-state index in [2.05, 4.69) is 11.9 Å². The van der Waals surface area contributed by atoms with Crippen LogP contribution in [0.3, 0.4) is 0 Å². The summed E-state index contributed by atoms with van der Waals surface area (Å²) in [5.74, 6) is 0.434. The zero-order chi connectivity index (χ0) is 19.9. The third kappa shape index (κ3) is 5.11. The molecule has 2 aromatic carbocycles. The predicted molar refractivity (Wildman–Crippen MR) is 114 cm³/mol. The maximum absolute atomic E-state index is 12.5. The lowest BCUT2D eigenvalue weighted by atomic mass is 10.1. The average molecular weight is 415 g/mol. The molecule has 3 rings (SSSR count). The van der Waals surface area contributed by atoms with Crippen molar-refractivity contribution < 1.29 is 14.3 Å². The van der Waals surface area contributed by atoms with E-state index in [0.29, 0.717) is 11.4 Å². The molecule has 0 fully saturated rings. The van der Waals surface area contributed by atoms with E-state index in [1.54, 1.807) is 23.3 Å². The Labute approximate surface area is 172 Å². The highest BCUT2D eigenvalue weighted by Gasteiger charge is 2.12. The molecule has 28 heavy (non-hydrogen) atoms. The topological polar surface area (TPSA) is 60.7 Å². The third-order valence-electron chi connectivity index (χ3n) is 3.99. The van der Waals surface area contributed by atoms with Crippen LogP contribution in [0.1, 0.15) is 19.4 Å². The summed E-state index contributed by atoms with van der Waals surface area (Å²) in [6, 6.07) is 15.7. The fourth-order valence-electron chi connectivity index (χ4n) is 2.79. The van der Waals surface area contributed by atoms with Gasteiger partial charge in [0, 0.05) is 4.90 Å². The van der Waals surface area contributed by atoms with Crippen LogP contribution >= 0.6 is 23.1 Å². The largest absolute Gasteiger partial charge is 0.465 e. The number of thioether (sulfide) groups is 1. The molecule has 0 bridgehead atoms. The van der Waals surface area contributed by atoms with Crippen LogP contribution in [0.15, 0.2) is 58.4 Å². The lowest BCUT2D eigenvalue weighted by Crippen LogP contribution is -2.23. The van der Waals surface area contributed by atoms with Crippen molar-refractivity contribution in [2.75, 3.05) is 12.4 Å². The molecule has 0 N–H and O–H groups in total. The van der Waals surface area contributed by atoms with E-state index in [-0.39, 0.29) is 24.8 Å². The maximum Gasteiger partial charge on any atom is 0.326 e. The normalized spacial score (nSPS) is 11.7. The number of carbonyl (C=O) groups is 2. The van der Waals surface area contributed by atoms with Crippen LogP contribution in [0.25, 0.3) is 10.2 Å². The highest BCUT2D eigenvalue weighted by atomic mass is 32.2. The predicted octanol–water partition coefficient (Wildman–Crippen LogP) is 4.05. The first-order chi connectivity index (χ1) is 13.6. The van der Waals surface area contributed by atoms with Crippen molar-refractivity contribution in [3.63, 3.8) is 0 Å². The van der Waals surface area contributed by atoms with E-state index in [0.717, 1.165) is 21.5 Å². The molecule has 0 saturated heterocycles. The molecule has 0 aliphatic heterocycles. The molecule has 1 heterocycles. The number of fused-ring (bicyclic) bond motifs is 1. The van der Waals surface area contributed by atoms with E-state index in [9.17, 15) is 9.59 Å². The van der Waals surface area contributed by atoms with E-state index in [4.69, 9.17) is 4.74 Å². The van der Waals surface area contributed by atoms with Gasteiger partial charge < -0.3 is 9.30 Å². The summed E-state index contributed by atoms with van der Waals surface area (Å²) in [7, 11) is 0. The van der Waals surface area contributed by atoms with Crippen molar-refractivity contribution >= 4 is 45.2 Å². The van der Waals surface area contributed by atoms with Crippen molar-refractivity contribution in [2.24, 2.45) is 4.99 Å². The van der Waals surface area contributed by atoms with Crippen LogP contribution in [-0.2, 0) is 27.3 Å². The van der Waals surface area contributed by atoms with Crippen LogP contribution in [0, 0.1) is 0 Å². The molecule has 1 aromatic heterocycles. The molecular weight excluding hydrogens is 392 g/mol. The summed E-state index contributed by atoms with van der Waals surface area (Å²) in [4.78, 5) is 30.5. The van der Waals surface area contributed by atoms with Gasteiger partial charge in [0.2, 0.25) is 0 Å². The number of hydrogen-bond donors (Lipinski definition) is 0. The minimum atomic E-state index is -0.344. The van der Waals surface area contributed by atoms with Gasteiger partial charge in [-0.25, -0.2) is 0 Å². The average Bonchev–Trinajstić information content (AvgIpc) is 3.01. The third-order valence-corrected chi connectivity index (χ3v) is 5.94. The number of ether oxygens (including phenoxy) is 1. The Morgan fingerprint density at radius 1 is 1.11 bits per heavy atom. The Morgan fingerprint density at radius 2 is 1.86 bits per heavy atom. The fraction of sp³-hybridized carbons (Fsp3) is 0.286.